The number of nitrogens with two attached hydrogens (primary N) is 1. The Morgan fingerprint density at radius 2 is 1.19 bits per heavy atom. The molecule has 190 valence electrons. The molecule has 0 aliphatic carbocycles. The first-order valence-electron chi connectivity index (χ1n) is 9.51. The minimum absolute atomic E-state index is 0.00680. The number of carboxylic acid groups (broad SMARTS) is 2. The molecule has 0 heterocycles. The topological polar surface area (TPSA) is 213 Å². The number of carboxylic acids is 2. The lowest BCUT2D eigenvalue weighted by atomic mass is 10.5. The zero-order valence-corrected chi connectivity index (χ0v) is 18.6. The van der Waals surface area contributed by atoms with Gasteiger partial charge in [-0.1, -0.05) is 0 Å². The van der Waals surface area contributed by atoms with E-state index in [-0.39, 0.29) is 44.7 Å². The van der Waals surface area contributed by atoms with Gasteiger partial charge in [0.15, 0.2) is 5.78 Å². The van der Waals surface area contributed by atoms with E-state index >= 15 is 0 Å². The molecule has 1 amide bonds. The molecule has 0 bridgehead atoms. The van der Waals surface area contributed by atoms with Gasteiger partial charge in [0.05, 0.1) is 39.6 Å². The number of aliphatic hydroxyl groups is 1. The van der Waals surface area contributed by atoms with Crippen molar-refractivity contribution in [2.24, 2.45) is 5.73 Å². The molecular weight excluding hydrogens is 436 g/mol. The largest absolute Gasteiger partial charge is 0.480 e. The number of methoxy groups -OCH3 is 1. The molecule has 14 nitrogen and oxygen atoms in total. The Morgan fingerprint density at radius 1 is 0.781 bits per heavy atom. The number of aliphatic hydroxyl groups excluding tert-OH is 1. The number of hydrogen-bond acceptors (Lipinski definition) is 11. The number of nitrogens with one attached hydrogen (secondary N) is 1. The van der Waals surface area contributed by atoms with E-state index < -0.39 is 25.2 Å². The van der Waals surface area contributed by atoms with E-state index in [4.69, 9.17) is 35.3 Å². The number of carbonyl (C=O) groups is 4. The van der Waals surface area contributed by atoms with E-state index in [1.807, 2.05) is 0 Å². The van der Waals surface area contributed by atoms with Gasteiger partial charge in [-0.2, -0.15) is 0 Å². The number of rotatable bonds is 18. The molecule has 32 heavy (non-hydrogen) atoms. The molecule has 0 spiro atoms. The first-order valence-corrected chi connectivity index (χ1v) is 9.51. The van der Waals surface area contributed by atoms with Gasteiger partial charge in [0, 0.05) is 20.2 Å². The van der Waals surface area contributed by atoms with Crippen LogP contribution < -0.4 is 11.1 Å². The highest BCUT2D eigenvalue weighted by atomic mass is 16.5. The molecule has 0 aliphatic heterocycles. The van der Waals surface area contributed by atoms with Crippen LogP contribution >= 0.6 is 0 Å². The fourth-order valence-electron chi connectivity index (χ4n) is 1.28. The van der Waals surface area contributed by atoms with Gasteiger partial charge in [0.2, 0.25) is 5.91 Å². The van der Waals surface area contributed by atoms with Gasteiger partial charge in [-0.15, -0.1) is 0 Å². The van der Waals surface area contributed by atoms with Crippen molar-refractivity contribution < 1.29 is 58.2 Å². The van der Waals surface area contributed by atoms with Gasteiger partial charge < -0.3 is 50.1 Å². The Hall–Kier alpha value is -2.20. The molecule has 0 aromatic rings. The zero-order valence-electron chi connectivity index (χ0n) is 18.6. The minimum Gasteiger partial charge on any atom is -0.480 e. The molecule has 0 saturated heterocycles. The average molecular weight is 472 g/mol. The fraction of sp³-hybridized carbons (Fsp3) is 0.778. The summed E-state index contributed by atoms with van der Waals surface area (Å²) in [5, 5.41) is 26.6. The third-order valence-electron chi connectivity index (χ3n) is 2.49. The maximum absolute atomic E-state index is 11.1. The number of hydrogen-bond donors (Lipinski definition) is 5. The fourth-order valence-corrected chi connectivity index (χ4v) is 1.28. The molecule has 0 rings (SSSR count). The Bertz CT molecular complexity index is 457. The molecule has 0 aliphatic rings. The summed E-state index contributed by atoms with van der Waals surface area (Å²) in [7, 11) is 1.56. The van der Waals surface area contributed by atoms with Crippen molar-refractivity contribution in [2.45, 2.75) is 6.92 Å². The molecule has 0 fully saturated rings. The van der Waals surface area contributed by atoms with Crippen molar-refractivity contribution in [3.05, 3.63) is 0 Å². The Balaban J connectivity index is -0.000000462. The third kappa shape index (κ3) is 42.0. The molecular formula is C18H36N2O12. The molecule has 0 unspecified atom stereocenters. The predicted molar refractivity (Wildman–Crippen MR) is 110 cm³/mol. The summed E-state index contributed by atoms with van der Waals surface area (Å²) in [6.07, 6.45) is 0. The van der Waals surface area contributed by atoms with E-state index in [9.17, 15) is 19.2 Å². The van der Waals surface area contributed by atoms with Crippen molar-refractivity contribution in [1.29, 1.82) is 0 Å². The van der Waals surface area contributed by atoms with Crippen LogP contribution in [-0.4, -0.2) is 125 Å². The van der Waals surface area contributed by atoms with E-state index in [1.165, 1.54) is 6.92 Å². The predicted octanol–water partition coefficient (Wildman–Crippen LogP) is -2.50. The minimum atomic E-state index is -1.06. The van der Waals surface area contributed by atoms with Crippen LogP contribution in [0.1, 0.15) is 6.92 Å². The highest BCUT2D eigenvalue weighted by Gasteiger charge is 2.00. The smallest absolute Gasteiger partial charge is 0.329 e. The van der Waals surface area contributed by atoms with Crippen LogP contribution in [0.15, 0.2) is 0 Å². The van der Waals surface area contributed by atoms with Crippen LogP contribution in [0.2, 0.25) is 0 Å². The standard InChI is InChI=1S/C10H19NO5.C6H10O6.C2H7NO/c1-9(12)7-15-5-6-16-8-10(13)11-3-4-14-2;7-5(8)3-11-1-2-12-4-6(9)10;3-1-2-4/h3-8H2,1-2H3,(H,11,13);1-4H2,(H,7,8)(H,9,10);4H,1-3H2. The summed E-state index contributed by atoms with van der Waals surface area (Å²) in [5.74, 6) is -2.35. The monoisotopic (exact) mass is 472 g/mol. The number of ketones is 1. The Morgan fingerprint density at radius 3 is 1.53 bits per heavy atom. The van der Waals surface area contributed by atoms with Crippen LogP contribution in [0.5, 0.6) is 0 Å². The summed E-state index contributed by atoms with van der Waals surface area (Å²) in [4.78, 5) is 41.3. The number of amides is 1. The molecule has 0 aromatic carbocycles. The van der Waals surface area contributed by atoms with Crippen LogP contribution in [0, 0.1) is 0 Å². The highest BCUT2D eigenvalue weighted by Crippen LogP contribution is 1.81. The molecule has 14 heteroatoms. The summed E-state index contributed by atoms with van der Waals surface area (Å²) >= 11 is 0. The van der Waals surface area contributed by atoms with E-state index in [0.29, 0.717) is 32.9 Å². The maximum atomic E-state index is 11.1. The second-order valence-corrected chi connectivity index (χ2v) is 5.55. The summed E-state index contributed by atoms with van der Waals surface area (Å²) in [6, 6.07) is 0. The second-order valence-electron chi connectivity index (χ2n) is 5.55. The van der Waals surface area contributed by atoms with Crippen LogP contribution in [0.4, 0.5) is 0 Å². The van der Waals surface area contributed by atoms with Gasteiger partial charge in [0.1, 0.15) is 26.4 Å². The lowest BCUT2D eigenvalue weighted by Crippen LogP contribution is -2.30. The number of Topliss-reactive ketones (excluding diaryl/α,β-unsaturated/α-hetero) is 1. The van der Waals surface area contributed by atoms with Gasteiger partial charge >= 0.3 is 11.9 Å². The van der Waals surface area contributed by atoms with Crippen molar-refractivity contribution in [2.75, 3.05) is 86.3 Å². The molecule has 0 radical (unpaired) electrons. The van der Waals surface area contributed by atoms with Gasteiger partial charge in [-0.25, -0.2) is 9.59 Å². The van der Waals surface area contributed by atoms with Crippen LogP contribution in [0.3, 0.4) is 0 Å². The van der Waals surface area contributed by atoms with Gasteiger partial charge in [-0.05, 0) is 6.92 Å². The average Bonchev–Trinajstić information content (AvgIpc) is 2.73. The second kappa shape index (κ2) is 28.8. The number of carbonyl (C=O) groups excluding carboxylic acids is 2. The van der Waals surface area contributed by atoms with Crippen molar-refractivity contribution >= 4 is 23.6 Å². The first kappa shape index (κ1) is 34.4. The van der Waals surface area contributed by atoms with E-state index in [0.717, 1.165) is 0 Å². The zero-order chi connectivity index (χ0) is 25.0. The molecule has 0 aromatic heterocycles. The lowest BCUT2D eigenvalue weighted by molar-refractivity contribution is -0.146. The number of ether oxygens (including phenoxy) is 5. The SMILES string of the molecule is COCCNC(=O)COCCOCC(C)=O.NCCO.O=C(O)COCCOCC(=O)O. The summed E-state index contributed by atoms with van der Waals surface area (Å²) in [5.41, 5.74) is 4.78. The summed E-state index contributed by atoms with van der Waals surface area (Å²) in [6.45, 7) is 2.94. The van der Waals surface area contributed by atoms with E-state index in [1.54, 1.807) is 7.11 Å². The van der Waals surface area contributed by atoms with Crippen molar-refractivity contribution in [1.82, 2.24) is 5.32 Å². The van der Waals surface area contributed by atoms with E-state index in [2.05, 4.69) is 14.8 Å². The van der Waals surface area contributed by atoms with Crippen LogP contribution in [-0.2, 0) is 42.9 Å². The molecule has 6 N–H and O–H groups in total. The lowest BCUT2D eigenvalue weighted by Gasteiger charge is -2.05. The maximum Gasteiger partial charge on any atom is 0.329 e. The van der Waals surface area contributed by atoms with Crippen molar-refractivity contribution in [3.63, 3.8) is 0 Å². The van der Waals surface area contributed by atoms with Gasteiger partial charge in [-0.3, -0.25) is 9.59 Å². The third-order valence-corrected chi connectivity index (χ3v) is 2.49. The van der Waals surface area contributed by atoms with Gasteiger partial charge in [0.25, 0.3) is 0 Å². The quantitative estimate of drug-likeness (QED) is 0.131. The molecule has 0 atom stereocenters. The molecule has 0 saturated carbocycles. The Labute approximate surface area is 186 Å². The summed E-state index contributed by atoms with van der Waals surface area (Å²) < 4.78 is 23.9. The Kier molecular flexibility index (Phi) is 31.0. The normalized spacial score (nSPS) is 9.62. The first-order chi connectivity index (χ1) is 15.2. The van der Waals surface area contributed by atoms with Crippen LogP contribution in [0.25, 0.3) is 0 Å². The van der Waals surface area contributed by atoms with Crippen molar-refractivity contribution in [3.8, 4) is 0 Å². The number of aliphatic carboxylic acids is 2. The highest BCUT2D eigenvalue weighted by molar-refractivity contribution is 5.77.